The molecule has 100 valence electrons. The topological polar surface area (TPSA) is 20.3 Å². The fraction of sp³-hybridized carbons (Fsp3) is 0.533. The number of hydrogen-bond donors (Lipinski definition) is 0. The van der Waals surface area contributed by atoms with Crippen molar-refractivity contribution >= 4 is 5.78 Å². The van der Waals surface area contributed by atoms with E-state index in [1.807, 2.05) is 11.9 Å². The Morgan fingerprint density at radius 3 is 2.22 bits per heavy atom. The first-order valence-corrected chi connectivity index (χ1v) is 6.21. The van der Waals surface area contributed by atoms with E-state index in [0.29, 0.717) is 18.2 Å². The van der Waals surface area contributed by atoms with E-state index >= 15 is 0 Å². The van der Waals surface area contributed by atoms with Crippen molar-refractivity contribution in [1.29, 1.82) is 0 Å². The molecule has 0 saturated heterocycles. The smallest absolute Gasteiger partial charge is 0.176 e. The molecule has 0 aliphatic heterocycles. The van der Waals surface area contributed by atoms with Gasteiger partial charge in [0.15, 0.2) is 5.78 Å². The van der Waals surface area contributed by atoms with E-state index in [1.165, 1.54) is 24.3 Å². The predicted octanol–water partition coefficient (Wildman–Crippen LogP) is 3.37. The van der Waals surface area contributed by atoms with E-state index in [0.717, 1.165) is 0 Å². The summed E-state index contributed by atoms with van der Waals surface area (Å²) < 4.78 is 12.8. The number of benzene rings is 1. The number of ketones is 1. The van der Waals surface area contributed by atoms with Crippen molar-refractivity contribution < 1.29 is 9.18 Å². The van der Waals surface area contributed by atoms with Gasteiger partial charge in [0.05, 0.1) is 6.54 Å². The largest absolute Gasteiger partial charge is 0.296 e. The number of carbonyl (C=O) groups is 1. The highest BCUT2D eigenvalue weighted by molar-refractivity contribution is 5.97. The molecule has 0 aliphatic rings. The summed E-state index contributed by atoms with van der Waals surface area (Å²) in [6, 6.07) is 6.00. The lowest BCUT2D eigenvalue weighted by atomic mass is 9.87. The van der Waals surface area contributed by atoms with Crippen LogP contribution < -0.4 is 0 Å². The molecule has 3 heteroatoms. The number of nitrogens with zero attached hydrogens (tertiary/aromatic N) is 1. The fourth-order valence-corrected chi connectivity index (χ4v) is 1.75. The van der Waals surface area contributed by atoms with Crippen molar-refractivity contribution in [1.82, 2.24) is 4.90 Å². The SMILES string of the molecule is CC(N(C)CC(=O)c1ccc(F)cc1)C(C)(C)C. The van der Waals surface area contributed by atoms with E-state index in [2.05, 4.69) is 27.7 Å². The van der Waals surface area contributed by atoms with Crippen LogP contribution in [-0.4, -0.2) is 30.3 Å². The van der Waals surface area contributed by atoms with Crippen LogP contribution in [0.2, 0.25) is 0 Å². The van der Waals surface area contributed by atoms with Crippen LogP contribution in [-0.2, 0) is 0 Å². The Kier molecular flexibility index (Phi) is 4.63. The van der Waals surface area contributed by atoms with Gasteiger partial charge in [-0.2, -0.15) is 0 Å². The van der Waals surface area contributed by atoms with E-state index in [-0.39, 0.29) is 17.0 Å². The summed E-state index contributed by atoms with van der Waals surface area (Å²) in [6.45, 7) is 8.91. The lowest BCUT2D eigenvalue weighted by Crippen LogP contribution is -2.41. The molecule has 0 aliphatic carbocycles. The predicted molar refractivity (Wildman–Crippen MR) is 72.3 cm³/mol. The Morgan fingerprint density at radius 1 is 1.28 bits per heavy atom. The highest BCUT2D eigenvalue weighted by Gasteiger charge is 2.25. The number of rotatable bonds is 4. The van der Waals surface area contributed by atoms with E-state index in [4.69, 9.17) is 0 Å². The summed E-state index contributed by atoms with van der Waals surface area (Å²) in [7, 11) is 1.94. The summed E-state index contributed by atoms with van der Waals surface area (Å²) >= 11 is 0. The molecule has 1 unspecified atom stereocenters. The Balaban J connectivity index is 2.68. The van der Waals surface area contributed by atoms with Gasteiger partial charge in [0, 0.05) is 11.6 Å². The van der Waals surface area contributed by atoms with E-state index in [9.17, 15) is 9.18 Å². The van der Waals surface area contributed by atoms with Gasteiger partial charge in [0.2, 0.25) is 0 Å². The third kappa shape index (κ3) is 3.91. The first kappa shape index (κ1) is 14.8. The zero-order valence-corrected chi connectivity index (χ0v) is 11.8. The maximum absolute atomic E-state index is 12.8. The molecule has 0 radical (unpaired) electrons. The number of Topliss-reactive ketones (excluding diaryl/α,β-unsaturated/α-hetero) is 1. The Morgan fingerprint density at radius 2 is 1.78 bits per heavy atom. The van der Waals surface area contributed by atoms with Gasteiger partial charge in [0.25, 0.3) is 0 Å². The van der Waals surface area contributed by atoms with Crippen LogP contribution >= 0.6 is 0 Å². The molecule has 2 nitrogen and oxygen atoms in total. The molecule has 0 saturated carbocycles. The van der Waals surface area contributed by atoms with Crippen molar-refractivity contribution in [3.05, 3.63) is 35.6 Å². The van der Waals surface area contributed by atoms with Gasteiger partial charge in [-0.25, -0.2) is 4.39 Å². The third-order valence-electron chi connectivity index (χ3n) is 3.47. The van der Waals surface area contributed by atoms with Crippen LogP contribution in [0.15, 0.2) is 24.3 Å². The van der Waals surface area contributed by atoms with Crippen molar-refractivity contribution in [3.63, 3.8) is 0 Å². The molecule has 0 amide bonds. The van der Waals surface area contributed by atoms with Crippen LogP contribution in [0.1, 0.15) is 38.1 Å². The van der Waals surface area contributed by atoms with Gasteiger partial charge in [-0.05, 0) is 43.7 Å². The van der Waals surface area contributed by atoms with Crippen molar-refractivity contribution in [3.8, 4) is 0 Å². The highest BCUT2D eigenvalue weighted by atomic mass is 19.1. The lowest BCUT2D eigenvalue weighted by molar-refractivity contribution is 0.0853. The second kappa shape index (κ2) is 5.61. The van der Waals surface area contributed by atoms with Crippen LogP contribution in [0, 0.1) is 11.2 Å². The van der Waals surface area contributed by atoms with Crippen molar-refractivity contribution in [2.45, 2.75) is 33.7 Å². The van der Waals surface area contributed by atoms with Crippen molar-refractivity contribution in [2.24, 2.45) is 5.41 Å². The summed E-state index contributed by atoms with van der Waals surface area (Å²) in [6.07, 6.45) is 0. The monoisotopic (exact) mass is 251 g/mol. The standard InChI is InChI=1S/C15H22FNO/c1-11(15(2,3)4)17(5)10-14(18)12-6-8-13(16)9-7-12/h6-9,11H,10H2,1-5H3. The summed E-state index contributed by atoms with van der Waals surface area (Å²) in [4.78, 5) is 14.1. The normalized spacial score (nSPS) is 13.7. The average molecular weight is 251 g/mol. The molecule has 0 fully saturated rings. The Bertz CT molecular complexity index is 405. The minimum Gasteiger partial charge on any atom is -0.296 e. The summed E-state index contributed by atoms with van der Waals surface area (Å²) in [5.41, 5.74) is 0.682. The van der Waals surface area contributed by atoms with Crippen LogP contribution in [0.5, 0.6) is 0 Å². The van der Waals surface area contributed by atoms with Crippen LogP contribution in [0.4, 0.5) is 4.39 Å². The lowest BCUT2D eigenvalue weighted by Gasteiger charge is -2.34. The highest BCUT2D eigenvalue weighted by Crippen LogP contribution is 2.23. The molecule has 1 atom stereocenters. The maximum atomic E-state index is 12.8. The minimum atomic E-state index is -0.317. The number of halogens is 1. The molecular formula is C15H22FNO. The Labute approximate surface area is 109 Å². The third-order valence-corrected chi connectivity index (χ3v) is 3.47. The summed E-state index contributed by atoms with van der Waals surface area (Å²) in [5, 5.41) is 0. The first-order valence-electron chi connectivity index (χ1n) is 6.21. The molecule has 0 N–H and O–H groups in total. The van der Waals surface area contributed by atoms with Gasteiger partial charge in [0.1, 0.15) is 5.82 Å². The van der Waals surface area contributed by atoms with Crippen LogP contribution in [0.25, 0.3) is 0 Å². The minimum absolute atomic E-state index is 0.0219. The Hall–Kier alpha value is -1.22. The second-order valence-electron chi connectivity index (χ2n) is 5.89. The first-order chi connectivity index (χ1) is 8.21. The van der Waals surface area contributed by atoms with Gasteiger partial charge in [-0.1, -0.05) is 20.8 Å². The number of carbonyl (C=O) groups excluding carboxylic acids is 1. The number of hydrogen-bond acceptors (Lipinski definition) is 2. The molecule has 18 heavy (non-hydrogen) atoms. The van der Waals surface area contributed by atoms with Crippen LogP contribution in [0.3, 0.4) is 0 Å². The van der Waals surface area contributed by atoms with E-state index < -0.39 is 0 Å². The van der Waals surface area contributed by atoms with Gasteiger partial charge >= 0.3 is 0 Å². The maximum Gasteiger partial charge on any atom is 0.176 e. The number of likely N-dealkylation sites (N-methyl/N-ethyl adjacent to an activating group) is 1. The molecule has 0 spiro atoms. The fourth-order valence-electron chi connectivity index (χ4n) is 1.75. The molecule has 0 heterocycles. The molecule has 1 aromatic carbocycles. The molecule has 1 aromatic rings. The van der Waals surface area contributed by atoms with Gasteiger partial charge < -0.3 is 0 Å². The average Bonchev–Trinajstić information content (AvgIpc) is 2.27. The summed E-state index contributed by atoms with van der Waals surface area (Å²) in [5.74, 6) is -0.295. The molecular weight excluding hydrogens is 229 g/mol. The second-order valence-corrected chi connectivity index (χ2v) is 5.89. The molecule has 0 bridgehead atoms. The van der Waals surface area contributed by atoms with Gasteiger partial charge in [-0.15, -0.1) is 0 Å². The zero-order chi connectivity index (χ0) is 13.9. The molecule has 0 aromatic heterocycles. The quantitative estimate of drug-likeness (QED) is 0.765. The zero-order valence-electron chi connectivity index (χ0n) is 11.8. The molecule has 1 rings (SSSR count). The van der Waals surface area contributed by atoms with Crippen molar-refractivity contribution in [2.75, 3.05) is 13.6 Å². The van der Waals surface area contributed by atoms with Gasteiger partial charge in [-0.3, -0.25) is 9.69 Å². The van der Waals surface area contributed by atoms with E-state index in [1.54, 1.807) is 0 Å².